The highest BCUT2D eigenvalue weighted by Gasteiger charge is 2.14. The SMILES string of the molecule is Cc1nc2scc(-c3ccccc3)c2c(=O)n1CCF. The topological polar surface area (TPSA) is 34.9 Å². The van der Waals surface area contributed by atoms with E-state index in [0.717, 1.165) is 11.1 Å². The molecule has 20 heavy (non-hydrogen) atoms. The molecule has 0 amide bonds. The summed E-state index contributed by atoms with van der Waals surface area (Å²) < 4.78 is 14.0. The average molecular weight is 288 g/mol. The van der Waals surface area contributed by atoms with Crippen molar-refractivity contribution in [1.29, 1.82) is 0 Å². The number of aryl methyl sites for hydroxylation is 1. The molecule has 0 aliphatic carbocycles. The first kappa shape index (κ1) is 13.0. The van der Waals surface area contributed by atoms with Gasteiger partial charge in [-0.15, -0.1) is 11.3 Å². The van der Waals surface area contributed by atoms with Crippen LogP contribution in [0.1, 0.15) is 5.82 Å². The summed E-state index contributed by atoms with van der Waals surface area (Å²) in [6.07, 6.45) is 0. The highest BCUT2D eigenvalue weighted by molar-refractivity contribution is 7.17. The van der Waals surface area contributed by atoms with Gasteiger partial charge >= 0.3 is 0 Å². The van der Waals surface area contributed by atoms with Crippen LogP contribution in [-0.4, -0.2) is 16.2 Å². The monoisotopic (exact) mass is 288 g/mol. The Bertz CT molecular complexity index is 808. The lowest BCUT2D eigenvalue weighted by Gasteiger charge is -2.07. The van der Waals surface area contributed by atoms with Crippen molar-refractivity contribution in [3.05, 3.63) is 51.9 Å². The third kappa shape index (κ3) is 2.04. The molecule has 0 aliphatic rings. The first-order valence-electron chi connectivity index (χ1n) is 6.32. The van der Waals surface area contributed by atoms with Gasteiger partial charge in [0, 0.05) is 10.9 Å². The molecule has 0 N–H and O–H groups in total. The number of hydrogen-bond acceptors (Lipinski definition) is 3. The largest absolute Gasteiger partial charge is 0.294 e. The van der Waals surface area contributed by atoms with Crippen molar-refractivity contribution in [2.45, 2.75) is 13.5 Å². The predicted octanol–water partition coefficient (Wildman–Crippen LogP) is 3.40. The van der Waals surface area contributed by atoms with Crippen LogP contribution in [0.15, 0.2) is 40.5 Å². The summed E-state index contributed by atoms with van der Waals surface area (Å²) >= 11 is 1.45. The number of nitrogens with zero attached hydrogens (tertiary/aromatic N) is 2. The Kier molecular flexibility index (Phi) is 3.36. The number of rotatable bonds is 3. The van der Waals surface area contributed by atoms with Gasteiger partial charge in [-0.3, -0.25) is 9.36 Å². The fraction of sp³-hybridized carbons (Fsp3) is 0.200. The molecule has 0 radical (unpaired) electrons. The summed E-state index contributed by atoms with van der Waals surface area (Å²) in [6.45, 7) is 1.22. The van der Waals surface area contributed by atoms with E-state index in [1.807, 2.05) is 35.7 Å². The van der Waals surface area contributed by atoms with Crippen LogP contribution in [0, 0.1) is 6.92 Å². The molecule has 0 saturated carbocycles. The highest BCUT2D eigenvalue weighted by Crippen LogP contribution is 2.30. The molecule has 0 saturated heterocycles. The van der Waals surface area contributed by atoms with Crippen LogP contribution < -0.4 is 5.56 Å². The summed E-state index contributed by atoms with van der Waals surface area (Å²) in [5.41, 5.74) is 1.69. The molecule has 3 nitrogen and oxygen atoms in total. The Morgan fingerprint density at radius 1 is 1.30 bits per heavy atom. The van der Waals surface area contributed by atoms with E-state index in [0.29, 0.717) is 16.0 Å². The molecule has 2 aromatic heterocycles. The standard InChI is InChI=1S/C15H13FN2OS/c1-10-17-14-13(15(19)18(10)8-7-16)12(9-20-14)11-5-3-2-4-6-11/h2-6,9H,7-8H2,1H3. The van der Waals surface area contributed by atoms with Crippen molar-refractivity contribution in [3.8, 4) is 11.1 Å². The number of halogens is 1. The van der Waals surface area contributed by atoms with Gasteiger partial charge in [0.15, 0.2) is 0 Å². The van der Waals surface area contributed by atoms with Gasteiger partial charge in [0.2, 0.25) is 0 Å². The summed E-state index contributed by atoms with van der Waals surface area (Å²) in [5.74, 6) is 0.557. The molecule has 0 fully saturated rings. The molecule has 0 spiro atoms. The highest BCUT2D eigenvalue weighted by atomic mass is 32.1. The van der Waals surface area contributed by atoms with Crippen LogP contribution in [0.3, 0.4) is 0 Å². The molecular formula is C15H13FN2OS. The van der Waals surface area contributed by atoms with E-state index in [4.69, 9.17) is 0 Å². The normalized spacial score (nSPS) is 11.1. The van der Waals surface area contributed by atoms with E-state index in [2.05, 4.69) is 4.98 Å². The zero-order chi connectivity index (χ0) is 14.1. The van der Waals surface area contributed by atoms with Crippen molar-refractivity contribution in [1.82, 2.24) is 9.55 Å². The fourth-order valence-corrected chi connectivity index (χ4v) is 3.29. The minimum absolute atomic E-state index is 0.0533. The van der Waals surface area contributed by atoms with Gasteiger partial charge in [0.25, 0.3) is 5.56 Å². The molecule has 1 aromatic carbocycles. The zero-order valence-corrected chi connectivity index (χ0v) is 11.8. The van der Waals surface area contributed by atoms with Crippen molar-refractivity contribution in [2.24, 2.45) is 0 Å². The lowest BCUT2D eigenvalue weighted by Crippen LogP contribution is -2.24. The molecule has 3 aromatic rings. The quantitative estimate of drug-likeness (QED) is 0.740. The van der Waals surface area contributed by atoms with E-state index in [-0.39, 0.29) is 12.1 Å². The Morgan fingerprint density at radius 2 is 2.05 bits per heavy atom. The first-order chi connectivity index (χ1) is 9.72. The maximum Gasteiger partial charge on any atom is 0.262 e. The second kappa shape index (κ2) is 5.17. The van der Waals surface area contributed by atoms with Gasteiger partial charge in [-0.25, -0.2) is 9.37 Å². The maximum absolute atomic E-state index is 12.6. The molecule has 0 atom stereocenters. The molecule has 2 heterocycles. The van der Waals surface area contributed by atoms with Crippen LogP contribution in [0.25, 0.3) is 21.3 Å². The van der Waals surface area contributed by atoms with E-state index in [1.54, 1.807) is 6.92 Å². The molecule has 0 unspecified atom stereocenters. The maximum atomic E-state index is 12.6. The number of benzene rings is 1. The molecule has 102 valence electrons. The van der Waals surface area contributed by atoms with Crippen LogP contribution >= 0.6 is 11.3 Å². The lowest BCUT2D eigenvalue weighted by atomic mass is 10.1. The zero-order valence-electron chi connectivity index (χ0n) is 11.0. The lowest BCUT2D eigenvalue weighted by molar-refractivity contribution is 0.435. The third-order valence-electron chi connectivity index (χ3n) is 3.28. The van der Waals surface area contributed by atoms with Crippen molar-refractivity contribution < 1.29 is 4.39 Å². The summed E-state index contributed by atoms with van der Waals surface area (Å²) in [4.78, 5) is 17.7. The fourth-order valence-electron chi connectivity index (χ4n) is 2.30. The second-order valence-corrected chi connectivity index (χ2v) is 5.36. The van der Waals surface area contributed by atoms with Gasteiger partial charge in [0.1, 0.15) is 17.3 Å². The van der Waals surface area contributed by atoms with Crippen LogP contribution in [0.2, 0.25) is 0 Å². The van der Waals surface area contributed by atoms with E-state index in [9.17, 15) is 9.18 Å². The van der Waals surface area contributed by atoms with Crippen molar-refractivity contribution in [2.75, 3.05) is 6.67 Å². The Hall–Kier alpha value is -2.01. The minimum Gasteiger partial charge on any atom is -0.294 e. The number of fused-ring (bicyclic) bond motifs is 1. The second-order valence-electron chi connectivity index (χ2n) is 4.50. The molecule has 0 aliphatic heterocycles. The molecular weight excluding hydrogens is 275 g/mol. The van der Waals surface area contributed by atoms with Crippen LogP contribution in [-0.2, 0) is 6.54 Å². The third-order valence-corrected chi connectivity index (χ3v) is 4.15. The van der Waals surface area contributed by atoms with Crippen molar-refractivity contribution >= 4 is 21.6 Å². The van der Waals surface area contributed by atoms with E-state index >= 15 is 0 Å². The van der Waals surface area contributed by atoms with Crippen LogP contribution in [0.4, 0.5) is 4.39 Å². The smallest absolute Gasteiger partial charge is 0.262 e. The van der Waals surface area contributed by atoms with E-state index in [1.165, 1.54) is 15.9 Å². The Balaban J connectivity index is 2.32. The molecule has 5 heteroatoms. The number of thiophene rings is 1. The average Bonchev–Trinajstić information content (AvgIpc) is 2.88. The van der Waals surface area contributed by atoms with Gasteiger partial charge in [-0.1, -0.05) is 30.3 Å². The Labute approximate surface area is 119 Å². The summed E-state index contributed by atoms with van der Waals surface area (Å²) in [5, 5.41) is 2.52. The number of aromatic nitrogens is 2. The minimum atomic E-state index is -0.571. The number of alkyl halides is 1. The van der Waals surface area contributed by atoms with Gasteiger partial charge in [0.05, 0.1) is 11.9 Å². The predicted molar refractivity (Wildman–Crippen MR) is 80.0 cm³/mol. The number of hydrogen-bond donors (Lipinski definition) is 0. The van der Waals surface area contributed by atoms with Crippen molar-refractivity contribution in [3.63, 3.8) is 0 Å². The summed E-state index contributed by atoms with van der Waals surface area (Å²) in [7, 11) is 0. The first-order valence-corrected chi connectivity index (χ1v) is 7.20. The molecule has 0 bridgehead atoms. The van der Waals surface area contributed by atoms with Gasteiger partial charge in [-0.05, 0) is 12.5 Å². The van der Waals surface area contributed by atoms with Gasteiger partial charge < -0.3 is 0 Å². The van der Waals surface area contributed by atoms with Crippen LogP contribution in [0.5, 0.6) is 0 Å². The van der Waals surface area contributed by atoms with E-state index < -0.39 is 6.67 Å². The summed E-state index contributed by atoms with van der Waals surface area (Å²) in [6, 6.07) is 9.71. The molecule has 3 rings (SSSR count). The van der Waals surface area contributed by atoms with Gasteiger partial charge in [-0.2, -0.15) is 0 Å². The Morgan fingerprint density at radius 3 is 2.75 bits per heavy atom.